The van der Waals surface area contributed by atoms with E-state index in [1.165, 1.54) is 16.8 Å². The van der Waals surface area contributed by atoms with Crippen LogP contribution in [0.5, 0.6) is 0 Å². The Kier molecular flexibility index (Phi) is 5.96. The molecule has 0 aliphatic rings. The molecule has 0 aliphatic carbocycles. The van der Waals surface area contributed by atoms with Gasteiger partial charge in [-0.3, -0.25) is 9.59 Å². The Morgan fingerprint density at radius 2 is 1.78 bits per heavy atom. The molecule has 1 aromatic heterocycles. The highest BCUT2D eigenvalue weighted by atomic mass is 19.1. The minimum atomic E-state index is -0.361. The molecule has 0 saturated heterocycles. The van der Waals surface area contributed by atoms with Crippen LogP contribution in [0.1, 0.15) is 42.2 Å². The van der Waals surface area contributed by atoms with Crippen LogP contribution in [0, 0.1) is 5.82 Å². The van der Waals surface area contributed by atoms with Gasteiger partial charge in [0.05, 0.1) is 5.39 Å². The normalized spacial score (nSPS) is 10.9. The van der Waals surface area contributed by atoms with Crippen molar-refractivity contribution in [1.82, 2.24) is 15.1 Å². The maximum absolute atomic E-state index is 13.0. The molecule has 0 spiro atoms. The molecule has 1 N–H and O–H groups in total. The van der Waals surface area contributed by atoms with Gasteiger partial charge in [0.25, 0.3) is 11.5 Å². The van der Waals surface area contributed by atoms with E-state index in [0.29, 0.717) is 17.3 Å². The molecule has 2 aromatic carbocycles. The van der Waals surface area contributed by atoms with E-state index in [-0.39, 0.29) is 29.5 Å². The first-order valence-corrected chi connectivity index (χ1v) is 9.12. The first kappa shape index (κ1) is 18.8. The fourth-order valence-corrected chi connectivity index (χ4v) is 2.93. The van der Waals surface area contributed by atoms with Crippen LogP contribution >= 0.6 is 0 Å². The predicted molar refractivity (Wildman–Crippen MR) is 103 cm³/mol. The lowest BCUT2D eigenvalue weighted by molar-refractivity contribution is 0.0945. The van der Waals surface area contributed by atoms with Crippen molar-refractivity contribution in [3.8, 4) is 0 Å². The largest absolute Gasteiger partial charge is 0.347 e. The molecule has 140 valence electrons. The van der Waals surface area contributed by atoms with Crippen molar-refractivity contribution < 1.29 is 9.18 Å². The molecule has 1 amide bonds. The Labute approximate surface area is 156 Å². The molecule has 5 nitrogen and oxygen atoms in total. The van der Waals surface area contributed by atoms with Crippen molar-refractivity contribution in [3.05, 3.63) is 76.0 Å². The number of fused-ring (bicyclic) bond motifs is 1. The number of rotatable bonds is 7. The first-order valence-electron chi connectivity index (χ1n) is 9.12. The molecule has 6 heteroatoms. The highest BCUT2D eigenvalue weighted by molar-refractivity contribution is 6.04. The molecule has 1 heterocycles. The number of aromatic nitrogens is 2. The summed E-state index contributed by atoms with van der Waals surface area (Å²) in [6, 6.07) is 12.9. The second-order valence-corrected chi connectivity index (χ2v) is 6.44. The molecule has 3 aromatic rings. The molecule has 0 aliphatic heterocycles. The topological polar surface area (TPSA) is 64.0 Å². The molecule has 0 saturated carbocycles. The van der Waals surface area contributed by atoms with Gasteiger partial charge in [-0.15, -0.1) is 0 Å². The average Bonchev–Trinajstić information content (AvgIpc) is 2.69. The summed E-state index contributed by atoms with van der Waals surface area (Å²) in [7, 11) is 0. The number of hydrogen-bond donors (Lipinski definition) is 1. The zero-order valence-corrected chi connectivity index (χ0v) is 15.2. The molecule has 0 fully saturated rings. The van der Waals surface area contributed by atoms with E-state index in [4.69, 9.17) is 0 Å². The summed E-state index contributed by atoms with van der Waals surface area (Å²) in [4.78, 5) is 25.4. The third-order valence-corrected chi connectivity index (χ3v) is 4.42. The summed E-state index contributed by atoms with van der Waals surface area (Å²) in [5.74, 6) is -0.684. The molecular formula is C21H22FN3O2. The van der Waals surface area contributed by atoms with Gasteiger partial charge in [0.1, 0.15) is 5.82 Å². The minimum absolute atomic E-state index is 0.184. The van der Waals surface area contributed by atoms with E-state index in [1.54, 1.807) is 36.4 Å². The number of hydrogen-bond acceptors (Lipinski definition) is 3. The third kappa shape index (κ3) is 4.39. The monoisotopic (exact) mass is 367 g/mol. The number of nitrogens with zero attached hydrogens (tertiary/aromatic N) is 2. The van der Waals surface area contributed by atoms with Gasteiger partial charge in [-0.05, 0) is 30.2 Å². The highest BCUT2D eigenvalue weighted by Crippen LogP contribution is 2.14. The number of carbonyl (C=O) groups excluding carboxylic acids is 1. The number of benzene rings is 2. The van der Waals surface area contributed by atoms with Crippen LogP contribution in [0.3, 0.4) is 0 Å². The van der Waals surface area contributed by atoms with Crippen LogP contribution in [0.4, 0.5) is 4.39 Å². The van der Waals surface area contributed by atoms with Crippen molar-refractivity contribution in [2.75, 3.05) is 0 Å². The third-order valence-electron chi connectivity index (χ3n) is 4.42. The Morgan fingerprint density at radius 1 is 1.07 bits per heavy atom. The maximum Gasteiger partial charge on any atom is 0.274 e. The number of nitrogens with one attached hydrogen (secondary N) is 1. The summed E-state index contributed by atoms with van der Waals surface area (Å²) >= 11 is 0. The van der Waals surface area contributed by atoms with E-state index in [0.717, 1.165) is 24.8 Å². The lowest BCUT2D eigenvalue weighted by Gasteiger charge is -2.11. The van der Waals surface area contributed by atoms with E-state index in [9.17, 15) is 14.0 Å². The van der Waals surface area contributed by atoms with Crippen molar-refractivity contribution in [2.45, 2.75) is 39.3 Å². The second kappa shape index (κ2) is 8.58. The van der Waals surface area contributed by atoms with Gasteiger partial charge in [0.15, 0.2) is 5.69 Å². The van der Waals surface area contributed by atoms with Crippen molar-refractivity contribution in [1.29, 1.82) is 0 Å². The molecule has 0 radical (unpaired) electrons. The summed E-state index contributed by atoms with van der Waals surface area (Å²) in [5, 5.41) is 8.15. The molecular weight excluding hydrogens is 345 g/mol. The Balaban J connectivity index is 1.89. The van der Waals surface area contributed by atoms with Crippen LogP contribution in [-0.4, -0.2) is 15.7 Å². The Bertz CT molecular complexity index is 996. The molecule has 0 atom stereocenters. The maximum atomic E-state index is 13.0. The van der Waals surface area contributed by atoms with E-state index < -0.39 is 0 Å². The lowest BCUT2D eigenvalue weighted by Crippen LogP contribution is -2.30. The zero-order chi connectivity index (χ0) is 19.2. The van der Waals surface area contributed by atoms with Gasteiger partial charge in [-0.2, -0.15) is 5.10 Å². The average molecular weight is 367 g/mol. The smallest absolute Gasteiger partial charge is 0.274 e. The van der Waals surface area contributed by atoms with E-state index in [2.05, 4.69) is 17.3 Å². The predicted octanol–water partition coefficient (Wildman–Crippen LogP) is 3.66. The van der Waals surface area contributed by atoms with Gasteiger partial charge >= 0.3 is 0 Å². The molecule has 0 bridgehead atoms. The standard InChI is InChI=1S/C21H22FN3O2/c1-2-3-6-13-25-21(27)18-8-5-4-7-17(18)19(24-25)20(26)23-14-15-9-11-16(22)12-10-15/h4-5,7-12H,2-3,6,13-14H2,1H3,(H,23,26). The highest BCUT2D eigenvalue weighted by Gasteiger charge is 2.16. The number of carbonyl (C=O) groups is 1. The first-order chi connectivity index (χ1) is 13.1. The molecule has 27 heavy (non-hydrogen) atoms. The van der Waals surface area contributed by atoms with Crippen LogP contribution in [0.25, 0.3) is 10.8 Å². The fourth-order valence-electron chi connectivity index (χ4n) is 2.93. The minimum Gasteiger partial charge on any atom is -0.347 e. The number of amides is 1. The fraction of sp³-hybridized carbons (Fsp3) is 0.286. The Morgan fingerprint density at radius 3 is 2.48 bits per heavy atom. The summed E-state index contributed by atoms with van der Waals surface area (Å²) < 4.78 is 14.4. The van der Waals surface area contributed by atoms with Crippen LogP contribution in [0.2, 0.25) is 0 Å². The van der Waals surface area contributed by atoms with Crippen molar-refractivity contribution in [2.24, 2.45) is 0 Å². The van der Waals surface area contributed by atoms with Gasteiger partial charge in [0.2, 0.25) is 0 Å². The van der Waals surface area contributed by atoms with Gasteiger partial charge in [-0.1, -0.05) is 50.1 Å². The number of halogens is 1. The van der Waals surface area contributed by atoms with Gasteiger partial charge in [0, 0.05) is 18.5 Å². The van der Waals surface area contributed by atoms with Gasteiger partial charge < -0.3 is 5.32 Å². The van der Waals surface area contributed by atoms with E-state index in [1.807, 2.05) is 0 Å². The SMILES string of the molecule is CCCCCn1nc(C(=O)NCc2ccc(F)cc2)c2ccccc2c1=O. The molecule has 3 rings (SSSR count). The van der Waals surface area contributed by atoms with Crippen molar-refractivity contribution in [3.63, 3.8) is 0 Å². The summed E-state index contributed by atoms with van der Waals surface area (Å²) in [6.07, 6.45) is 2.86. The quantitative estimate of drug-likeness (QED) is 0.648. The van der Waals surface area contributed by atoms with Crippen molar-refractivity contribution >= 4 is 16.7 Å². The Hall–Kier alpha value is -3.02. The summed E-state index contributed by atoms with van der Waals surface area (Å²) in [6.45, 7) is 2.82. The second-order valence-electron chi connectivity index (χ2n) is 6.44. The lowest BCUT2D eigenvalue weighted by atomic mass is 10.1. The summed E-state index contributed by atoms with van der Waals surface area (Å²) in [5.41, 5.74) is 0.825. The van der Waals surface area contributed by atoms with E-state index >= 15 is 0 Å². The number of unbranched alkanes of at least 4 members (excludes halogenated alkanes) is 2. The number of aryl methyl sites for hydroxylation is 1. The van der Waals surface area contributed by atoms with Crippen LogP contribution in [-0.2, 0) is 13.1 Å². The van der Waals surface area contributed by atoms with Crippen LogP contribution < -0.4 is 10.9 Å². The molecule has 0 unspecified atom stereocenters. The zero-order valence-electron chi connectivity index (χ0n) is 15.2. The van der Waals surface area contributed by atoms with Crippen LogP contribution in [0.15, 0.2) is 53.3 Å². The van der Waals surface area contributed by atoms with Gasteiger partial charge in [-0.25, -0.2) is 9.07 Å².